The van der Waals surface area contributed by atoms with E-state index in [9.17, 15) is 4.79 Å². The fourth-order valence-corrected chi connectivity index (χ4v) is 1.86. The van der Waals surface area contributed by atoms with Gasteiger partial charge in [-0.3, -0.25) is 4.79 Å². The first-order valence-corrected chi connectivity index (χ1v) is 7.14. The van der Waals surface area contributed by atoms with Gasteiger partial charge in [0.1, 0.15) is 0 Å². The second kappa shape index (κ2) is 8.56. The molecular weight excluding hydrogens is 270 g/mol. The molecule has 0 unspecified atom stereocenters. The lowest BCUT2D eigenvalue weighted by Crippen LogP contribution is -2.32. The number of hydrogen-bond donors (Lipinski definition) is 0. The molecule has 0 bridgehead atoms. The minimum atomic E-state index is -0.242. The van der Waals surface area contributed by atoms with Crippen LogP contribution in [-0.2, 0) is 14.3 Å². The largest absolute Gasteiger partial charge is 0.469 e. The third kappa shape index (κ3) is 5.67. The summed E-state index contributed by atoms with van der Waals surface area (Å²) < 4.78 is 9.81. The summed E-state index contributed by atoms with van der Waals surface area (Å²) >= 11 is 0. The Morgan fingerprint density at radius 2 is 2.00 bits per heavy atom. The lowest BCUT2D eigenvalue weighted by atomic mass is 10.1. The van der Waals surface area contributed by atoms with Gasteiger partial charge in [-0.15, -0.1) is 0 Å². The fourth-order valence-electron chi connectivity index (χ4n) is 1.86. The van der Waals surface area contributed by atoms with Crippen molar-refractivity contribution in [1.29, 1.82) is 0 Å². The highest BCUT2D eigenvalue weighted by Crippen LogP contribution is 2.17. The van der Waals surface area contributed by atoms with Crippen LogP contribution in [0.2, 0.25) is 0 Å². The van der Waals surface area contributed by atoms with Gasteiger partial charge < -0.3 is 14.4 Å². The van der Waals surface area contributed by atoms with E-state index in [1.165, 1.54) is 7.11 Å². The van der Waals surface area contributed by atoms with Gasteiger partial charge >= 0.3 is 5.97 Å². The molecule has 6 nitrogen and oxygen atoms in total. The molecule has 1 aromatic heterocycles. The van der Waals surface area contributed by atoms with Crippen molar-refractivity contribution >= 4 is 11.9 Å². The number of aromatic nitrogens is 2. The molecule has 1 aromatic rings. The van der Waals surface area contributed by atoms with Gasteiger partial charge in [-0.05, 0) is 18.9 Å². The molecule has 21 heavy (non-hydrogen) atoms. The molecule has 0 spiro atoms. The molecule has 0 aromatic carbocycles. The summed E-state index contributed by atoms with van der Waals surface area (Å²) in [7, 11) is 3.04. The maximum Gasteiger partial charge on any atom is 0.307 e. The Kier molecular flexibility index (Phi) is 7.08. The Labute approximate surface area is 126 Å². The first-order chi connectivity index (χ1) is 9.97. The zero-order valence-corrected chi connectivity index (χ0v) is 13.5. The molecule has 0 radical (unpaired) electrons. The van der Waals surface area contributed by atoms with Crippen LogP contribution in [-0.4, -0.2) is 49.9 Å². The Bertz CT molecular complexity index is 463. The maximum absolute atomic E-state index is 11.3. The molecule has 118 valence electrons. The number of carbonyl (C=O) groups excluding carboxylic acids is 1. The van der Waals surface area contributed by atoms with Crippen LogP contribution >= 0.6 is 0 Å². The Balaban J connectivity index is 2.92. The third-order valence-corrected chi connectivity index (χ3v) is 3.12. The summed E-state index contributed by atoms with van der Waals surface area (Å²) in [5.41, 5.74) is 1.92. The molecule has 0 N–H and O–H groups in total. The van der Waals surface area contributed by atoms with E-state index in [-0.39, 0.29) is 5.97 Å². The smallest absolute Gasteiger partial charge is 0.307 e. The summed E-state index contributed by atoms with van der Waals surface area (Å²) in [5, 5.41) is 0. The molecule has 0 saturated heterocycles. The molecule has 0 aliphatic heterocycles. The van der Waals surface area contributed by atoms with Crippen LogP contribution in [0.4, 0.5) is 5.95 Å². The van der Waals surface area contributed by atoms with Crippen molar-refractivity contribution in [3.63, 3.8) is 0 Å². The van der Waals surface area contributed by atoms with Crippen LogP contribution in [0.1, 0.15) is 37.6 Å². The molecular formula is C15H25N3O3. The quantitative estimate of drug-likeness (QED) is 0.683. The van der Waals surface area contributed by atoms with Crippen molar-refractivity contribution in [3.8, 4) is 0 Å². The lowest BCUT2D eigenvalue weighted by molar-refractivity contribution is -0.140. The summed E-state index contributed by atoms with van der Waals surface area (Å²) in [6, 6.07) is 1.99. The zero-order valence-electron chi connectivity index (χ0n) is 13.5. The van der Waals surface area contributed by atoms with Crippen LogP contribution in [0.15, 0.2) is 6.07 Å². The standard InChI is InChI=1S/C15H25N3O3/c1-11(2)13-10-12(3)16-15(17-13)18(8-9-20-4)7-6-14(19)21-5/h10-11H,6-9H2,1-5H3. The molecule has 0 atom stereocenters. The van der Waals surface area contributed by atoms with Gasteiger partial charge in [0.2, 0.25) is 5.95 Å². The summed E-state index contributed by atoms with van der Waals surface area (Å²) in [4.78, 5) is 22.4. The number of methoxy groups -OCH3 is 2. The highest BCUT2D eigenvalue weighted by atomic mass is 16.5. The van der Waals surface area contributed by atoms with Crippen molar-refractivity contribution in [1.82, 2.24) is 9.97 Å². The predicted molar refractivity (Wildman–Crippen MR) is 81.6 cm³/mol. The van der Waals surface area contributed by atoms with Crippen LogP contribution in [0.5, 0.6) is 0 Å². The molecule has 0 amide bonds. The minimum Gasteiger partial charge on any atom is -0.469 e. The summed E-state index contributed by atoms with van der Waals surface area (Å²) in [6.45, 7) is 7.84. The average molecular weight is 295 g/mol. The molecule has 0 saturated carbocycles. The second-order valence-corrected chi connectivity index (χ2v) is 5.19. The Morgan fingerprint density at radius 1 is 1.29 bits per heavy atom. The molecule has 1 rings (SSSR count). The van der Waals surface area contributed by atoms with E-state index in [4.69, 9.17) is 4.74 Å². The van der Waals surface area contributed by atoms with Gasteiger partial charge in [0.15, 0.2) is 0 Å². The normalized spacial score (nSPS) is 10.8. The van der Waals surface area contributed by atoms with E-state index in [0.29, 0.717) is 38.0 Å². The van der Waals surface area contributed by atoms with Gasteiger partial charge in [0.05, 0.1) is 20.1 Å². The Morgan fingerprint density at radius 3 is 2.57 bits per heavy atom. The van der Waals surface area contributed by atoms with E-state index in [2.05, 4.69) is 28.6 Å². The number of nitrogens with zero attached hydrogens (tertiary/aromatic N) is 3. The highest BCUT2D eigenvalue weighted by molar-refractivity contribution is 5.69. The Hall–Kier alpha value is -1.69. The molecule has 0 fully saturated rings. The van der Waals surface area contributed by atoms with Gasteiger partial charge in [0, 0.05) is 31.6 Å². The van der Waals surface area contributed by atoms with Crippen molar-refractivity contribution in [2.45, 2.75) is 33.1 Å². The van der Waals surface area contributed by atoms with Crippen LogP contribution in [0.25, 0.3) is 0 Å². The van der Waals surface area contributed by atoms with Crippen molar-refractivity contribution in [2.24, 2.45) is 0 Å². The van der Waals surface area contributed by atoms with Gasteiger partial charge in [-0.1, -0.05) is 13.8 Å². The number of ether oxygens (including phenoxy) is 2. The first-order valence-electron chi connectivity index (χ1n) is 7.14. The van der Waals surface area contributed by atoms with Crippen LogP contribution in [0, 0.1) is 6.92 Å². The number of esters is 1. The van der Waals surface area contributed by atoms with Crippen LogP contribution in [0.3, 0.4) is 0 Å². The van der Waals surface area contributed by atoms with E-state index < -0.39 is 0 Å². The molecule has 1 heterocycles. The number of hydrogen-bond acceptors (Lipinski definition) is 6. The van der Waals surface area contributed by atoms with Crippen molar-refractivity contribution in [3.05, 3.63) is 17.5 Å². The average Bonchev–Trinajstić information content (AvgIpc) is 2.46. The zero-order chi connectivity index (χ0) is 15.8. The van der Waals surface area contributed by atoms with Gasteiger partial charge in [0.25, 0.3) is 0 Å². The summed E-state index contributed by atoms with van der Waals surface area (Å²) in [5.74, 6) is 0.726. The minimum absolute atomic E-state index is 0.242. The lowest BCUT2D eigenvalue weighted by Gasteiger charge is -2.23. The van der Waals surface area contributed by atoms with Crippen molar-refractivity contribution < 1.29 is 14.3 Å². The fraction of sp³-hybridized carbons (Fsp3) is 0.667. The van der Waals surface area contributed by atoms with Gasteiger partial charge in [-0.2, -0.15) is 0 Å². The van der Waals surface area contributed by atoms with Crippen molar-refractivity contribution in [2.75, 3.05) is 38.8 Å². The molecule has 0 aliphatic rings. The third-order valence-electron chi connectivity index (χ3n) is 3.12. The monoisotopic (exact) mass is 295 g/mol. The number of carbonyl (C=O) groups is 1. The van der Waals surface area contributed by atoms with E-state index in [1.54, 1.807) is 7.11 Å². The maximum atomic E-state index is 11.3. The van der Waals surface area contributed by atoms with Gasteiger partial charge in [-0.25, -0.2) is 9.97 Å². The van der Waals surface area contributed by atoms with E-state index in [1.807, 2.05) is 17.9 Å². The van der Waals surface area contributed by atoms with E-state index in [0.717, 1.165) is 11.4 Å². The molecule has 0 aliphatic carbocycles. The number of aryl methyl sites for hydroxylation is 1. The SMILES string of the molecule is COCCN(CCC(=O)OC)c1nc(C)cc(C(C)C)n1. The first kappa shape index (κ1) is 17.4. The number of anilines is 1. The second-order valence-electron chi connectivity index (χ2n) is 5.19. The highest BCUT2D eigenvalue weighted by Gasteiger charge is 2.14. The van der Waals surface area contributed by atoms with Crippen LogP contribution < -0.4 is 4.90 Å². The molecule has 6 heteroatoms. The topological polar surface area (TPSA) is 64.5 Å². The summed E-state index contributed by atoms with van der Waals surface area (Å²) in [6.07, 6.45) is 0.300. The number of rotatable bonds is 8. The predicted octanol–water partition coefficient (Wildman–Crippen LogP) is 1.92. The van der Waals surface area contributed by atoms with E-state index >= 15 is 0 Å².